The molecule has 1 saturated heterocycles. The minimum absolute atomic E-state index is 0.303. The highest BCUT2D eigenvalue weighted by Crippen LogP contribution is 2.30. The lowest BCUT2D eigenvalue weighted by atomic mass is 9.92. The van der Waals surface area contributed by atoms with Gasteiger partial charge in [-0.1, -0.05) is 41.4 Å². The average Bonchev–Trinajstić information content (AvgIpc) is 2.93. The van der Waals surface area contributed by atoms with Crippen LogP contribution in [-0.2, 0) is 21.5 Å². The maximum atomic E-state index is 12.9. The molecule has 0 aromatic heterocycles. The van der Waals surface area contributed by atoms with Crippen molar-refractivity contribution in [1.29, 1.82) is 0 Å². The zero-order valence-corrected chi connectivity index (χ0v) is 18.0. The SMILES string of the molecule is COc1cccc([C@@]2(C)NC(=O)N(CC(=O)NCCc3ccc(Cl)cc3Cl)C2=O)c1. The Morgan fingerprint density at radius 3 is 2.67 bits per heavy atom. The second-order valence-electron chi connectivity index (χ2n) is 7.01. The van der Waals surface area contributed by atoms with E-state index in [1.165, 1.54) is 7.11 Å². The highest BCUT2D eigenvalue weighted by Gasteiger charge is 2.49. The summed E-state index contributed by atoms with van der Waals surface area (Å²) in [6.07, 6.45) is 0.489. The van der Waals surface area contributed by atoms with Crippen LogP contribution in [0.5, 0.6) is 5.75 Å². The van der Waals surface area contributed by atoms with Crippen molar-refractivity contribution in [2.24, 2.45) is 0 Å². The molecule has 0 saturated carbocycles. The number of amides is 4. The van der Waals surface area contributed by atoms with Gasteiger partial charge < -0.3 is 15.4 Å². The Labute approximate surface area is 184 Å². The minimum Gasteiger partial charge on any atom is -0.497 e. The molecular formula is C21H21Cl2N3O4. The monoisotopic (exact) mass is 449 g/mol. The predicted molar refractivity (Wildman–Crippen MR) is 114 cm³/mol. The number of methoxy groups -OCH3 is 1. The largest absolute Gasteiger partial charge is 0.497 e. The third kappa shape index (κ3) is 4.52. The Hall–Kier alpha value is -2.77. The van der Waals surface area contributed by atoms with Gasteiger partial charge in [0.15, 0.2) is 0 Å². The normalized spacial score (nSPS) is 18.3. The number of imide groups is 1. The molecule has 4 amide bonds. The Morgan fingerprint density at radius 2 is 1.97 bits per heavy atom. The first-order chi connectivity index (χ1) is 14.2. The lowest BCUT2D eigenvalue weighted by Crippen LogP contribution is -2.43. The van der Waals surface area contributed by atoms with Gasteiger partial charge >= 0.3 is 6.03 Å². The summed E-state index contributed by atoms with van der Waals surface area (Å²) < 4.78 is 5.19. The van der Waals surface area contributed by atoms with Gasteiger partial charge in [0.25, 0.3) is 5.91 Å². The Morgan fingerprint density at radius 1 is 1.20 bits per heavy atom. The van der Waals surface area contributed by atoms with E-state index >= 15 is 0 Å². The van der Waals surface area contributed by atoms with Crippen molar-refractivity contribution in [2.45, 2.75) is 18.9 Å². The van der Waals surface area contributed by atoms with E-state index < -0.39 is 23.4 Å². The molecule has 2 aromatic carbocycles. The van der Waals surface area contributed by atoms with Crippen molar-refractivity contribution in [3.8, 4) is 5.75 Å². The molecule has 9 heteroatoms. The van der Waals surface area contributed by atoms with Crippen molar-refractivity contribution in [3.63, 3.8) is 0 Å². The van der Waals surface area contributed by atoms with Crippen LogP contribution in [0.25, 0.3) is 0 Å². The Kier molecular flexibility index (Phi) is 6.53. The molecule has 3 rings (SSSR count). The van der Waals surface area contributed by atoms with Gasteiger partial charge in [-0.25, -0.2) is 4.79 Å². The summed E-state index contributed by atoms with van der Waals surface area (Å²) in [6.45, 7) is 1.53. The van der Waals surface area contributed by atoms with Crippen LogP contribution in [-0.4, -0.2) is 42.9 Å². The number of nitrogens with one attached hydrogen (secondary N) is 2. The summed E-state index contributed by atoms with van der Waals surface area (Å²) in [4.78, 5) is 38.5. The maximum Gasteiger partial charge on any atom is 0.325 e. The number of halogens is 2. The number of hydrogen-bond acceptors (Lipinski definition) is 4. The molecule has 7 nitrogen and oxygen atoms in total. The van der Waals surface area contributed by atoms with Crippen molar-refractivity contribution in [1.82, 2.24) is 15.5 Å². The summed E-state index contributed by atoms with van der Waals surface area (Å²) in [5.74, 6) is -0.386. The van der Waals surface area contributed by atoms with E-state index in [1.54, 1.807) is 49.4 Å². The number of hydrogen-bond donors (Lipinski definition) is 2. The molecule has 158 valence electrons. The molecule has 2 N–H and O–H groups in total. The van der Waals surface area contributed by atoms with Crippen LogP contribution in [0.3, 0.4) is 0 Å². The number of nitrogens with zero attached hydrogens (tertiary/aromatic N) is 1. The summed E-state index contributed by atoms with van der Waals surface area (Å²) in [7, 11) is 1.52. The van der Waals surface area contributed by atoms with E-state index in [2.05, 4.69) is 10.6 Å². The zero-order chi connectivity index (χ0) is 21.9. The van der Waals surface area contributed by atoms with Crippen LogP contribution in [0.1, 0.15) is 18.1 Å². The smallest absolute Gasteiger partial charge is 0.325 e. The zero-order valence-electron chi connectivity index (χ0n) is 16.5. The van der Waals surface area contributed by atoms with Crippen molar-refractivity contribution >= 4 is 41.0 Å². The summed E-state index contributed by atoms with van der Waals surface area (Å²) >= 11 is 12.0. The first kappa shape index (κ1) is 21.9. The van der Waals surface area contributed by atoms with Crippen LogP contribution < -0.4 is 15.4 Å². The Bertz CT molecular complexity index is 998. The topological polar surface area (TPSA) is 87.7 Å². The van der Waals surface area contributed by atoms with Crippen molar-refractivity contribution < 1.29 is 19.1 Å². The fourth-order valence-corrected chi connectivity index (χ4v) is 3.73. The molecular weight excluding hydrogens is 429 g/mol. The molecule has 1 heterocycles. The van der Waals surface area contributed by atoms with E-state index in [9.17, 15) is 14.4 Å². The van der Waals surface area contributed by atoms with Crippen molar-refractivity contribution in [3.05, 3.63) is 63.6 Å². The van der Waals surface area contributed by atoms with Crippen LogP contribution in [0.4, 0.5) is 4.79 Å². The van der Waals surface area contributed by atoms with E-state index in [-0.39, 0.29) is 6.54 Å². The molecule has 0 radical (unpaired) electrons. The summed E-state index contributed by atoms with van der Waals surface area (Å²) in [5, 5.41) is 6.42. The predicted octanol–water partition coefficient (Wildman–Crippen LogP) is 3.13. The first-order valence-corrected chi connectivity index (χ1v) is 9.99. The molecule has 1 atom stereocenters. The molecule has 0 unspecified atom stereocenters. The van der Waals surface area contributed by atoms with Gasteiger partial charge in [-0.3, -0.25) is 14.5 Å². The molecule has 1 aliphatic rings. The fourth-order valence-electron chi connectivity index (χ4n) is 3.23. The van der Waals surface area contributed by atoms with Crippen LogP contribution in [0.2, 0.25) is 10.0 Å². The number of carbonyl (C=O) groups excluding carboxylic acids is 3. The summed E-state index contributed by atoms with van der Waals surface area (Å²) in [5.41, 5.74) is 0.130. The number of rotatable bonds is 7. The standard InChI is InChI=1S/C21H21Cl2N3O4/c1-21(14-4-3-5-16(10-14)30-2)19(28)26(20(29)25-21)12-18(27)24-9-8-13-6-7-15(22)11-17(13)23/h3-7,10-11H,8-9,12H2,1-2H3,(H,24,27)(H,25,29)/t21-/m1/s1. The molecule has 30 heavy (non-hydrogen) atoms. The van der Waals surface area contributed by atoms with Gasteiger partial charge in [0.1, 0.15) is 17.8 Å². The Balaban J connectivity index is 1.61. The second kappa shape index (κ2) is 8.93. The highest BCUT2D eigenvalue weighted by atomic mass is 35.5. The van der Waals surface area contributed by atoms with E-state index in [1.807, 2.05) is 0 Å². The van der Waals surface area contributed by atoms with Crippen LogP contribution >= 0.6 is 23.2 Å². The van der Waals surface area contributed by atoms with Gasteiger partial charge in [0.05, 0.1) is 7.11 Å². The minimum atomic E-state index is -1.28. The molecule has 0 spiro atoms. The second-order valence-corrected chi connectivity index (χ2v) is 7.86. The van der Waals surface area contributed by atoms with Crippen molar-refractivity contribution in [2.75, 3.05) is 20.2 Å². The third-order valence-corrected chi connectivity index (χ3v) is 5.54. The highest BCUT2D eigenvalue weighted by molar-refractivity contribution is 6.35. The number of ether oxygens (including phenoxy) is 1. The number of carbonyl (C=O) groups is 3. The van der Waals surface area contributed by atoms with E-state index in [0.717, 1.165) is 10.5 Å². The molecule has 0 aliphatic carbocycles. The van der Waals surface area contributed by atoms with E-state index in [4.69, 9.17) is 27.9 Å². The molecule has 1 aliphatic heterocycles. The fraction of sp³-hybridized carbons (Fsp3) is 0.286. The maximum absolute atomic E-state index is 12.9. The van der Waals surface area contributed by atoms with E-state index in [0.29, 0.717) is 34.3 Å². The van der Waals surface area contributed by atoms with Gasteiger partial charge in [0.2, 0.25) is 5.91 Å². The molecule has 2 aromatic rings. The third-order valence-electron chi connectivity index (χ3n) is 4.96. The van der Waals surface area contributed by atoms with Crippen LogP contribution in [0.15, 0.2) is 42.5 Å². The molecule has 1 fully saturated rings. The lowest BCUT2D eigenvalue weighted by molar-refractivity contribution is -0.134. The van der Waals surface area contributed by atoms with Gasteiger partial charge in [-0.2, -0.15) is 0 Å². The quantitative estimate of drug-likeness (QED) is 0.635. The molecule has 0 bridgehead atoms. The van der Waals surface area contributed by atoms with Crippen LogP contribution in [0, 0.1) is 0 Å². The summed E-state index contributed by atoms with van der Waals surface area (Å²) in [6, 6.07) is 11.4. The first-order valence-electron chi connectivity index (χ1n) is 9.24. The van der Waals surface area contributed by atoms with Gasteiger partial charge in [-0.05, 0) is 48.7 Å². The number of benzene rings is 2. The average molecular weight is 450 g/mol. The van der Waals surface area contributed by atoms with Gasteiger partial charge in [-0.15, -0.1) is 0 Å². The van der Waals surface area contributed by atoms with Gasteiger partial charge in [0, 0.05) is 16.6 Å². The number of urea groups is 1. The lowest BCUT2D eigenvalue weighted by Gasteiger charge is -2.22.